The van der Waals surface area contributed by atoms with E-state index >= 15 is 0 Å². The van der Waals surface area contributed by atoms with Crippen LogP contribution < -0.4 is 10.1 Å². The highest BCUT2D eigenvalue weighted by molar-refractivity contribution is 6.06. The number of fused-ring (bicyclic) bond motifs is 1. The van der Waals surface area contributed by atoms with Gasteiger partial charge in [-0.1, -0.05) is 61.0 Å². The van der Waals surface area contributed by atoms with Gasteiger partial charge in [0, 0.05) is 17.9 Å². The fourth-order valence-electron chi connectivity index (χ4n) is 5.53. The molecule has 0 saturated carbocycles. The molecule has 1 aliphatic carbocycles. The average molecular weight is 450 g/mol. The van der Waals surface area contributed by atoms with Crippen molar-refractivity contribution in [1.29, 1.82) is 0 Å². The maximum Gasteiger partial charge on any atom is 0.322 e. The zero-order valence-electron chi connectivity index (χ0n) is 19.3. The van der Waals surface area contributed by atoms with Crippen molar-refractivity contribution >= 4 is 11.9 Å². The first kappa shape index (κ1) is 23.1. The lowest BCUT2D eigenvalue weighted by Gasteiger charge is -2.43. The van der Waals surface area contributed by atoms with Crippen molar-refractivity contribution < 1.29 is 24.2 Å². The lowest BCUT2D eigenvalue weighted by molar-refractivity contribution is -0.166. The van der Waals surface area contributed by atoms with E-state index in [0.29, 0.717) is 13.0 Å². The molecule has 174 valence electrons. The number of methoxy groups -OCH3 is 1. The number of amides is 1. The van der Waals surface area contributed by atoms with Gasteiger partial charge in [0.25, 0.3) is 0 Å². The Morgan fingerprint density at radius 2 is 1.79 bits per heavy atom. The molecule has 1 saturated heterocycles. The molecule has 0 aromatic heterocycles. The minimum Gasteiger partial charge on any atom is -0.489 e. The number of allylic oxidation sites excluding steroid dienone is 1. The number of aliphatic hydroxyl groups excluding tert-OH is 1. The molecule has 5 atom stereocenters. The van der Waals surface area contributed by atoms with E-state index in [-0.39, 0.29) is 30.4 Å². The minimum absolute atomic E-state index is 0.00988. The predicted octanol–water partition coefficient (Wildman–Crippen LogP) is 3.29. The molecule has 6 nitrogen and oxygen atoms in total. The molecule has 6 heteroatoms. The van der Waals surface area contributed by atoms with Crippen LogP contribution in [0.1, 0.15) is 25.0 Å². The van der Waals surface area contributed by atoms with Crippen LogP contribution in [0.3, 0.4) is 0 Å². The molecular weight excluding hydrogens is 418 g/mol. The topological polar surface area (TPSA) is 84.9 Å². The van der Waals surface area contributed by atoms with Crippen LogP contribution in [0, 0.1) is 23.2 Å². The van der Waals surface area contributed by atoms with Crippen molar-refractivity contribution in [2.24, 2.45) is 23.2 Å². The summed E-state index contributed by atoms with van der Waals surface area (Å²) in [5.41, 5.74) is 1.80. The molecule has 2 N–H and O–H groups in total. The summed E-state index contributed by atoms with van der Waals surface area (Å²) in [6.07, 6.45) is 2.43. The fourth-order valence-corrected chi connectivity index (χ4v) is 5.53. The van der Waals surface area contributed by atoms with Gasteiger partial charge in [-0.05, 0) is 42.5 Å². The number of carbonyl (C=O) groups excluding carboxylic acids is 2. The smallest absolute Gasteiger partial charge is 0.322 e. The molecule has 33 heavy (non-hydrogen) atoms. The lowest BCUT2D eigenvalue weighted by atomic mass is 9.57. The summed E-state index contributed by atoms with van der Waals surface area (Å²) >= 11 is 0. The van der Waals surface area contributed by atoms with E-state index in [1.807, 2.05) is 74.5 Å². The van der Waals surface area contributed by atoms with Crippen molar-refractivity contribution in [3.8, 4) is 5.75 Å². The number of carbonyl (C=O) groups is 2. The van der Waals surface area contributed by atoms with Gasteiger partial charge in [0.1, 0.15) is 12.4 Å². The summed E-state index contributed by atoms with van der Waals surface area (Å²) in [5.74, 6) is -1.09. The molecule has 4 rings (SSSR count). The zero-order chi connectivity index (χ0) is 23.6. The standard InChI is InChI=1S/C27H31NO5/c1-17-13-21(15-29)27(26(31)32-3)24(18(17)2)23(28-25(27)30)14-19-9-11-22(12-10-19)33-16-20-7-5-4-6-8-20/h4-13,18,21,23-24,29H,14-16H2,1-3H3,(H,28,30)/t18-,21-,23+,24+,27-/m1/s1. The van der Waals surface area contributed by atoms with Gasteiger partial charge in [-0.2, -0.15) is 0 Å². The number of rotatable bonds is 7. The molecular formula is C27H31NO5. The SMILES string of the molecule is COC(=O)[C@@]12C(=O)N[C@@H](Cc3ccc(OCc4ccccc4)cc3)[C@@H]1[C@H](C)C(C)=C[C@@H]2CO. The van der Waals surface area contributed by atoms with E-state index in [2.05, 4.69) is 5.32 Å². The number of benzene rings is 2. The number of nitrogens with one attached hydrogen (secondary N) is 1. The second-order valence-electron chi connectivity index (χ2n) is 9.08. The highest BCUT2D eigenvalue weighted by Gasteiger charge is 2.67. The molecule has 1 aliphatic heterocycles. The fraction of sp³-hybridized carbons (Fsp3) is 0.407. The molecule has 1 heterocycles. The Balaban J connectivity index is 1.54. The van der Waals surface area contributed by atoms with Crippen LogP contribution in [0.5, 0.6) is 5.75 Å². The first-order chi connectivity index (χ1) is 15.9. The summed E-state index contributed by atoms with van der Waals surface area (Å²) in [6.45, 7) is 4.24. The maximum absolute atomic E-state index is 13.3. The number of esters is 1. The molecule has 0 unspecified atom stereocenters. The Bertz CT molecular complexity index is 1030. The quantitative estimate of drug-likeness (QED) is 0.385. The minimum atomic E-state index is -1.41. The number of aliphatic hydroxyl groups is 1. The molecule has 2 aromatic carbocycles. The Labute approximate surface area is 194 Å². The van der Waals surface area contributed by atoms with Crippen molar-refractivity contribution in [3.05, 3.63) is 77.4 Å². The van der Waals surface area contributed by atoms with Gasteiger partial charge < -0.3 is 19.9 Å². The van der Waals surface area contributed by atoms with Gasteiger partial charge in [-0.15, -0.1) is 0 Å². The van der Waals surface area contributed by atoms with Crippen LogP contribution in [0.15, 0.2) is 66.2 Å². The van der Waals surface area contributed by atoms with Gasteiger partial charge in [0.05, 0.1) is 13.7 Å². The summed E-state index contributed by atoms with van der Waals surface area (Å²) < 4.78 is 11.0. The van der Waals surface area contributed by atoms with E-state index < -0.39 is 17.3 Å². The largest absolute Gasteiger partial charge is 0.489 e. The molecule has 1 fully saturated rings. The zero-order valence-corrected chi connectivity index (χ0v) is 19.3. The third-order valence-corrected chi connectivity index (χ3v) is 7.30. The van der Waals surface area contributed by atoms with E-state index in [1.54, 1.807) is 0 Å². The van der Waals surface area contributed by atoms with Crippen LogP contribution in [0.2, 0.25) is 0 Å². The van der Waals surface area contributed by atoms with Gasteiger partial charge >= 0.3 is 5.97 Å². The highest BCUT2D eigenvalue weighted by atomic mass is 16.5. The van der Waals surface area contributed by atoms with E-state index in [4.69, 9.17) is 9.47 Å². The average Bonchev–Trinajstić information content (AvgIpc) is 3.13. The molecule has 0 radical (unpaired) electrons. The third kappa shape index (κ3) is 4.04. The van der Waals surface area contributed by atoms with Gasteiger partial charge in [-0.25, -0.2) is 0 Å². The van der Waals surface area contributed by atoms with E-state index in [9.17, 15) is 14.7 Å². The van der Waals surface area contributed by atoms with Crippen LogP contribution in [0.25, 0.3) is 0 Å². The van der Waals surface area contributed by atoms with Crippen molar-refractivity contribution in [2.75, 3.05) is 13.7 Å². The molecule has 0 spiro atoms. The van der Waals surface area contributed by atoms with Crippen molar-refractivity contribution in [3.63, 3.8) is 0 Å². The van der Waals surface area contributed by atoms with E-state index in [1.165, 1.54) is 7.11 Å². The summed E-state index contributed by atoms with van der Waals surface area (Å²) in [5, 5.41) is 13.1. The first-order valence-electron chi connectivity index (χ1n) is 11.4. The second kappa shape index (κ2) is 9.40. The van der Waals surface area contributed by atoms with Crippen LogP contribution >= 0.6 is 0 Å². The second-order valence-corrected chi connectivity index (χ2v) is 9.08. The Hall–Kier alpha value is -3.12. The Kier molecular flexibility index (Phi) is 6.56. The van der Waals surface area contributed by atoms with Crippen LogP contribution in [0.4, 0.5) is 0 Å². The summed E-state index contributed by atoms with van der Waals surface area (Å²) in [6, 6.07) is 17.6. The summed E-state index contributed by atoms with van der Waals surface area (Å²) in [7, 11) is 1.30. The van der Waals surface area contributed by atoms with Gasteiger partial charge in [0.2, 0.25) is 5.91 Å². The first-order valence-corrected chi connectivity index (χ1v) is 11.4. The van der Waals surface area contributed by atoms with Gasteiger partial charge in [-0.3, -0.25) is 9.59 Å². The molecule has 0 bridgehead atoms. The Morgan fingerprint density at radius 3 is 2.42 bits per heavy atom. The van der Waals surface area contributed by atoms with Crippen molar-refractivity contribution in [2.45, 2.75) is 32.9 Å². The molecule has 2 aliphatic rings. The number of ether oxygens (including phenoxy) is 2. The van der Waals surface area contributed by atoms with Crippen LogP contribution in [-0.4, -0.2) is 36.7 Å². The monoisotopic (exact) mass is 449 g/mol. The van der Waals surface area contributed by atoms with Crippen molar-refractivity contribution in [1.82, 2.24) is 5.32 Å². The molecule has 1 amide bonds. The predicted molar refractivity (Wildman–Crippen MR) is 124 cm³/mol. The molecule has 2 aromatic rings. The maximum atomic E-state index is 13.3. The van der Waals surface area contributed by atoms with Crippen LogP contribution in [-0.2, 0) is 27.4 Å². The van der Waals surface area contributed by atoms with E-state index in [0.717, 1.165) is 22.4 Å². The summed E-state index contributed by atoms with van der Waals surface area (Å²) in [4.78, 5) is 26.2. The Morgan fingerprint density at radius 1 is 1.09 bits per heavy atom. The highest BCUT2D eigenvalue weighted by Crippen LogP contribution is 2.53. The number of hydrogen-bond donors (Lipinski definition) is 2. The lowest BCUT2D eigenvalue weighted by Crippen LogP contribution is -2.54. The normalized spacial score (nSPS) is 28.5. The van der Waals surface area contributed by atoms with Gasteiger partial charge in [0.15, 0.2) is 5.41 Å². The third-order valence-electron chi connectivity index (χ3n) is 7.30. The number of hydrogen-bond acceptors (Lipinski definition) is 5.